The highest BCUT2D eigenvalue weighted by Crippen LogP contribution is 2.28. The van der Waals surface area contributed by atoms with E-state index in [-0.39, 0.29) is 4.90 Å². The number of hydrogen-bond donors (Lipinski definition) is 1. The molecule has 1 heterocycles. The molecule has 0 amide bonds. The van der Waals surface area contributed by atoms with Gasteiger partial charge >= 0.3 is 10.0 Å². The smallest absolute Gasteiger partial charge is 0.331 e. The van der Waals surface area contributed by atoms with Crippen molar-refractivity contribution in [1.82, 2.24) is 5.32 Å². The van der Waals surface area contributed by atoms with E-state index in [1.807, 2.05) is 0 Å². The fraction of sp³-hybridized carbons (Fsp3) is 0.364. The minimum Gasteiger partial charge on any atom is -0.496 e. The predicted octanol–water partition coefficient (Wildman–Crippen LogP) is 1.18. The maximum absolute atomic E-state index is 12.4. The molecule has 0 unspecified atom stereocenters. The zero-order valence-corrected chi connectivity index (χ0v) is 12.5. The number of ether oxygens (including phenoxy) is 1. The molecule has 0 atom stereocenters. The summed E-state index contributed by atoms with van der Waals surface area (Å²) in [5, 5.41) is 3.01. The largest absolute Gasteiger partial charge is 0.496 e. The highest BCUT2D eigenvalue weighted by Gasteiger charge is 2.30. The monoisotopic (exact) mass is 333 g/mol. The maximum atomic E-state index is 12.4. The van der Waals surface area contributed by atoms with Gasteiger partial charge in [0.25, 0.3) is 5.84 Å². The Labute approximate surface area is 115 Å². The molecule has 1 aromatic rings. The van der Waals surface area contributed by atoms with Crippen LogP contribution in [0.1, 0.15) is 6.92 Å². The lowest BCUT2D eigenvalue weighted by Gasteiger charge is -2.07. The Morgan fingerprint density at radius 2 is 2.17 bits per heavy atom. The van der Waals surface area contributed by atoms with E-state index >= 15 is 0 Å². The lowest BCUT2D eigenvalue weighted by molar-refractivity contribution is -0.353. The Morgan fingerprint density at radius 1 is 1.44 bits per heavy atom. The first-order valence-electron chi connectivity index (χ1n) is 5.40. The van der Waals surface area contributed by atoms with E-state index in [2.05, 4.69) is 21.2 Å². The van der Waals surface area contributed by atoms with Crippen molar-refractivity contribution in [3.8, 4) is 5.75 Å². The van der Waals surface area contributed by atoms with Crippen LogP contribution in [0.25, 0.3) is 0 Å². The molecule has 0 radical (unpaired) electrons. The lowest BCUT2D eigenvalue weighted by Crippen LogP contribution is -2.25. The summed E-state index contributed by atoms with van der Waals surface area (Å²) in [4.78, 5) is 0.227. The van der Waals surface area contributed by atoms with E-state index in [1.54, 1.807) is 19.1 Å². The number of benzene rings is 1. The van der Waals surface area contributed by atoms with Crippen LogP contribution in [0.15, 0.2) is 27.6 Å². The van der Waals surface area contributed by atoms with E-state index in [0.717, 1.165) is 4.47 Å². The van der Waals surface area contributed by atoms with Crippen LogP contribution in [-0.4, -0.2) is 38.4 Å². The van der Waals surface area contributed by atoms with Crippen molar-refractivity contribution in [3.05, 3.63) is 22.7 Å². The second-order valence-corrected chi connectivity index (χ2v) is 6.60. The minimum absolute atomic E-state index is 0.227. The third kappa shape index (κ3) is 2.24. The molecule has 1 N–H and O–H groups in total. The first kappa shape index (κ1) is 13.4. The Balaban J connectivity index is 2.52. The number of rotatable bonds is 3. The molecule has 0 fully saturated rings. The zero-order valence-electron chi connectivity index (χ0n) is 10.1. The summed E-state index contributed by atoms with van der Waals surface area (Å²) in [6.45, 7) is 2.84. The highest BCUT2D eigenvalue weighted by molar-refractivity contribution is 9.10. The van der Waals surface area contributed by atoms with Crippen LogP contribution in [0.4, 0.5) is 0 Å². The Hall–Kier alpha value is -1.08. The van der Waals surface area contributed by atoms with Crippen LogP contribution in [0.5, 0.6) is 5.75 Å². The fourth-order valence-electron chi connectivity index (χ4n) is 1.82. The second kappa shape index (κ2) is 4.89. The van der Waals surface area contributed by atoms with Gasteiger partial charge in [0.05, 0.1) is 11.6 Å². The molecule has 1 aromatic carbocycles. The van der Waals surface area contributed by atoms with Crippen molar-refractivity contribution in [2.24, 2.45) is 0 Å². The van der Waals surface area contributed by atoms with E-state index in [9.17, 15) is 8.42 Å². The number of sulfonamides is 1. The SMILES string of the molecule is COc1cc(S(=O)(=O)[N+]2=C(C)NCC2)ccc1Br. The molecule has 98 valence electrons. The van der Waals surface area contributed by atoms with E-state index in [1.165, 1.54) is 17.2 Å². The predicted molar refractivity (Wildman–Crippen MR) is 71.7 cm³/mol. The average molecular weight is 334 g/mol. The molecular formula is C11H14BrN2O3S+. The van der Waals surface area contributed by atoms with Crippen LogP contribution in [-0.2, 0) is 10.0 Å². The van der Waals surface area contributed by atoms with Gasteiger partial charge in [-0.15, -0.1) is 3.98 Å². The molecule has 2 rings (SSSR count). The lowest BCUT2D eigenvalue weighted by atomic mass is 10.3. The Bertz CT molecular complexity index is 611. The Kier molecular flexibility index (Phi) is 3.63. The molecule has 7 heteroatoms. The number of amidine groups is 1. The van der Waals surface area contributed by atoms with Gasteiger partial charge in [-0.25, -0.2) is 0 Å². The third-order valence-electron chi connectivity index (χ3n) is 2.78. The molecule has 0 saturated carbocycles. The normalized spacial score (nSPS) is 15.7. The van der Waals surface area contributed by atoms with Gasteiger partial charge in [-0.1, -0.05) is 0 Å². The summed E-state index contributed by atoms with van der Waals surface area (Å²) in [7, 11) is -2.00. The van der Waals surface area contributed by atoms with Gasteiger partial charge in [-0.3, -0.25) is 5.32 Å². The van der Waals surface area contributed by atoms with Crippen LogP contribution in [0, 0.1) is 0 Å². The van der Waals surface area contributed by atoms with Crippen LogP contribution >= 0.6 is 15.9 Å². The van der Waals surface area contributed by atoms with Crippen molar-refractivity contribution in [3.63, 3.8) is 0 Å². The molecule has 0 spiro atoms. The zero-order chi connectivity index (χ0) is 13.3. The molecule has 0 aromatic heterocycles. The third-order valence-corrected chi connectivity index (χ3v) is 5.32. The van der Waals surface area contributed by atoms with Crippen LogP contribution < -0.4 is 10.1 Å². The molecule has 18 heavy (non-hydrogen) atoms. The van der Waals surface area contributed by atoms with Crippen LogP contribution in [0.3, 0.4) is 0 Å². The number of nitrogens with one attached hydrogen (secondary N) is 1. The highest BCUT2D eigenvalue weighted by atomic mass is 79.9. The van der Waals surface area contributed by atoms with E-state index in [4.69, 9.17) is 4.74 Å². The first-order chi connectivity index (χ1) is 8.46. The number of halogens is 1. The summed E-state index contributed by atoms with van der Waals surface area (Å²) in [5.41, 5.74) is 0. The Morgan fingerprint density at radius 3 is 2.72 bits per heavy atom. The van der Waals surface area contributed by atoms with Crippen molar-refractivity contribution in [1.29, 1.82) is 0 Å². The molecule has 5 nitrogen and oxygen atoms in total. The van der Waals surface area contributed by atoms with Gasteiger partial charge in [0.15, 0.2) is 0 Å². The average Bonchev–Trinajstić information content (AvgIpc) is 2.76. The van der Waals surface area contributed by atoms with Crippen molar-refractivity contribution >= 4 is 31.8 Å². The molecule has 0 aliphatic carbocycles. The summed E-state index contributed by atoms with van der Waals surface area (Å²) in [6.07, 6.45) is 0. The van der Waals surface area contributed by atoms with Gasteiger partial charge in [0.1, 0.15) is 23.7 Å². The topological polar surface area (TPSA) is 58.4 Å². The summed E-state index contributed by atoms with van der Waals surface area (Å²) < 4.78 is 32.1. The molecule has 1 aliphatic heterocycles. The number of hydrogen-bond acceptors (Lipinski definition) is 4. The second-order valence-electron chi connectivity index (χ2n) is 3.89. The first-order valence-corrected chi connectivity index (χ1v) is 7.64. The molecule has 1 aliphatic rings. The minimum atomic E-state index is -3.50. The standard InChI is InChI=1S/C11H13BrN2O3S/c1-8-13-5-6-14(8)18(15,16)9-3-4-10(12)11(7-9)17-2/h3-4,7H,5-6H2,1-2H3/p+1. The van der Waals surface area contributed by atoms with Crippen molar-refractivity contribution in [2.45, 2.75) is 11.8 Å². The molecule has 0 bridgehead atoms. The molecular weight excluding hydrogens is 320 g/mol. The van der Waals surface area contributed by atoms with E-state index < -0.39 is 10.0 Å². The van der Waals surface area contributed by atoms with Gasteiger partial charge in [0, 0.05) is 13.0 Å². The van der Waals surface area contributed by atoms with Gasteiger partial charge in [0.2, 0.25) is 0 Å². The van der Waals surface area contributed by atoms with Gasteiger partial charge in [-0.2, -0.15) is 8.42 Å². The molecule has 0 saturated heterocycles. The van der Waals surface area contributed by atoms with Crippen molar-refractivity contribution in [2.75, 3.05) is 20.2 Å². The maximum Gasteiger partial charge on any atom is 0.331 e. The number of nitrogens with zero attached hydrogens (tertiary/aromatic N) is 1. The van der Waals surface area contributed by atoms with Gasteiger partial charge < -0.3 is 4.74 Å². The summed E-state index contributed by atoms with van der Waals surface area (Å²) in [5.74, 6) is 1.15. The summed E-state index contributed by atoms with van der Waals surface area (Å²) in [6, 6.07) is 4.75. The van der Waals surface area contributed by atoms with Gasteiger partial charge in [-0.05, 0) is 28.1 Å². The quantitative estimate of drug-likeness (QED) is 0.844. The van der Waals surface area contributed by atoms with Crippen LogP contribution in [0.2, 0.25) is 0 Å². The fourth-order valence-corrected chi connectivity index (χ4v) is 3.74. The summed E-state index contributed by atoms with van der Waals surface area (Å²) >= 11 is 3.30. The van der Waals surface area contributed by atoms with E-state index in [0.29, 0.717) is 24.7 Å². The number of methoxy groups -OCH3 is 1. The van der Waals surface area contributed by atoms with Crippen molar-refractivity contribution < 1.29 is 17.1 Å².